The minimum Gasteiger partial charge on any atom is -0.772 e. The third-order valence-electron chi connectivity index (χ3n) is 0. The van der Waals surface area contributed by atoms with Gasteiger partial charge in [0, 0.05) is 0 Å². The Morgan fingerprint density at radius 1 is 0.700 bits per heavy atom. The predicted octanol–water partition coefficient (Wildman–Crippen LogP) is -1.72. The van der Waals surface area contributed by atoms with Crippen LogP contribution in [0.25, 0.3) is 0 Å². The zero-order valence-corrected chi connectivity index (χ0v) is 9.47. The molecule has 56 valence electrons. The Hall–Kier alpha value is 0.998. The van der Waals surface area contributed by atoms with E-state index in [4.69, 9.17) is 28.4 Å². The van der Waals surface area contributed by atoms with Gasteiger partial charge in [-0.25, -0.2) is 0 Å². The monoisotopic (exact) mass is 310 g/mol. The first-order valence-electron chi connectivity index (χ1n) is 1.10. The maximum absolute atomic E-state index is 8.35. The van der Waals surface area contributed by atoms with Gasteiger partial charge in [0.05, 0.1) is 26.1 Å². The molecule has 0 unspecified atom stereocenters. The van der Waals surface area contributed by atoms with Crippen LogP contribution in [-0.4, -0.2) is 24.4 Å². The van der Waals surface area contributed by atoms with Gasteiger partial charge in [-0.15, -0.1) is 0 Å². The first-order chi connectivity index (χ1) is 4.24. The zero-order valence-electron chi connectivity index (χ0n) is 4.24. The SMILES string of the molecule is O=P[O-].O=P[O-].O=P[O-].[Sb+3]. The van der Waals surface area contributed by atoms with E-state index in [9.17, 15) is 0 Å². The van der Waals surface area contributed by atoms with Crippen molar-refractivity contribution in [2.45, 2.75) is 0 Å². The van der Waals surface area contributed by atoms with Gasteiger partial charge in [0.1, 0.15) is 0 Å². The fourth-order valence-corrected chi connectivity index (χ4v) is 0. The van der Waals surface area contributed by atoms with Gasteiger partial charge in [-0.2, -0.15) is 0 Å². The molecule has 0 spiro atoms. The van der Waals surface area contributed by atoms with Gasteiger partial charge in [-0.3, -0.25) is 13.7 Å². The summed E-state index contributed by atoms with van der Waals surface area (Å²) in [4.78, 5) is 25.0. The smallest absolute Gasteiger partial charge is 0.772 e. The van der Waals surface area contributed by atoms with E-state index in [2.05, 4.69) is 0 Å². The van der Waals surface area contributed by atoms with Crippen molar-refractivity contribution in [2.75, 3.05) is 0 Å². The Kier molecular flexibility index (Phi) is 114. The molecule has 10 heteroatoms. The molecule has 0 aromatic rings. The van der Waals surface area contributed by atoms with Crippen LogP contribution in [0, 0.1) is 0 Å². The van der Waals surface area contributed by atoms with Crippen molar-refractivity contribution in [3.8, 4) is 0 Å². The van der Waals surface area contributed by atoms with E-state index in [0.29, 0.717) is 0 Å². The van der Waals surface area contributed by atoms with E-state index in [1.165, 1.54) is 0 Å². The second kappa shape index (κ2) is 50.6. The summed E-state index contributed by atoms with van der Waals surface area (Å²) in [5.74, 6) is 0. The van der Waals surface area contributed by atoms with Crippen molar-refractivity contribution in [2.24, 2.45) is 0 Å². The second-order valence-electron chi connectivity index (χ2n) is 0.224. The van der Waals surface area contributed by atoms with E-state index in [1.54, 1.807) is 0 Å². The summed E-state index contributed by atoms with van der Waals surface area (Å²) in [6.07, 6.45) is 0. The van der Waals surface area contributed by atoms with Crippen LogP contribution in [0.2, 0.25) is 0 Å². The summed E-state index contributed by atoms with van der Waals surface area (Å²) < 4.78 is 25.0. The predicted molar refractivity (Wildman–Crippen MR) is 28.6 cm³/mol. The first kappa shape index (κ1) is 22.4. The van der Waals surface area contributed by atoms with Crippen molar-refractivity contribution in [1.82, 2.24) is 0 Å². The number of hydrogen-bond acceptors (Lipinski definition) is 6. The summed E-state index contributed by atoms with van der Waals surface area (Å²) in [6.45, 7) is 0. The van der Waals surface area contributed by atoms with Gasteiger partial charge in [0.2, 0.25) is 0 Å². The minimum atomic E-state index is -1.08. The molecule has 2 radical (unpaired) electrons. The van der Waals surface area contributed by atoms with Crippen LogP contribution in [0.1, 0.15) is 0 Å². The Labute approximate surface area is 79.0 Å². The normalized spacial score (nSPS) is 6.30. The largest absolute Gasteiger partial charge is 3.00 e. The molecule has 0 atom stereocenters. The Morgan fingerprint density at radius 2 is 0.700 bits per heavy atom. The van der Waals surface area contributed by atoms with Gasteiger partial charge < -0.3 is 14.7 Å². The van der Waals surface area contributed by atoms with Gasteiger partial charge in [-0.1, -0.05) is 0 Å². The van der Waals surface area contributed by atoms with Gasteiger partial charge in [0.15, 0.2) is 0 Å². The van der Waals surface area contributed by atoms with Crippen molar-refractivity contribution in [3.63, 3.8) is 0 Å². The molecule has 10 heavy (non-hydrogen) atoms. The van der Waals surface area contributed by atoms with E-state index in [1.807, 2.05) is 0 Å². The third-order valence-corrected chi connectivity index (χ3v) is 0. The molecule has 0 bridgehead atoms. The summed E-state index contributed by atoms with van der Waals surface area (Å²) in [5.41, 5.74) is 0. The fraction of sp³-hybridized carbons (Fsp3) is 0. The molecular weight excluding hydrogens is 311 g/mol. The van der Waals surface area contributed by atoms with Crippen LogP contribution < -0.4 is 14.7 Å². The minimum absolute atomic E-state index is 0. The molecule has 0 aromatic heterocycles. The Bertz CT molecular complexity index is 49.7. The summed E-state index contributed by atoms with van der Waals surface area (Å²) >= 11 is 0. The van der Waals surface area contributed by atoms with Gasteiger partial charge in [0.25, 0.3) is 0 Å². The van der Waals surface area contributed by atoms with Crippen molar-refractivity contribution in [1.29, 1.82) is 0 Å². The molecule has 0 fully saturated rings. The summed E-state index contributed by atoms with van der Waals surface area (Å²) in [7, 11) is -3.25. The zero-order chi connectivity index (χ0) is 8.12. The van der Waals surface area contributed by atoms with E-state index >= 15 is 0 Å². The van der Waals surface area contributed by atoms with Crippen molar-refractivity contribution < 1.29 is 28.4 Å². The van der Waals surface area contributed by atoms with Gasteiger partial charge in [-0.05, 0) is 0 Å². The van der Waals surface area contributed by atoms with Crippen LogP contribution in [-0.2, 0) is 13.7 Å². The molecule has 0 heterocycles. The maximum Gasteiger partial charge on any atom is 3.00 e. The molecule has 0 N–H and O–H groups in total. The molecule has 0 saturated heterocycles. The van der Waals surface area contributed by atoms with Crippen molar-refractivity contribution >= 4 is 50.5 Å². The molecule has 0 aromatic carbocycles. The molecule has 6 nitrogen and oxygen atoms in total. The van der Waals surface area contributed by atoms with Gasteiger partial charge >= 0.3 is 24.4 Å². The average molecular weight is 311 g/mol. The van der Waals surface area contributed by atoms with Crippen LogP contribution in [0.15, 0.2) is 0 Å². The Morgan fingerprint density at radius 3 is 0.700 bits per heavy atom. The molecular formula is O6P3Sb. The van der Waals surface area contributed by atoms with Crippen LogP contribution in [0.5, 0.6) is 0 Å². The maximum atomic E-state index is 8.35. The fourth-order valence-electron chi connectivity index (χ4n) is 0. The van der Waals surface area contributed by atoms with Crippen LogP contribution >= 0.6 is 26.1 Å². The first-order valence-corrected chi connectivity index (χ1v) is 3.29. The van der Waals surface area contributed by atoms with E-state index in [0.717, 1.165) is 0 Å². The molecule has 0 aliphatic heterocycles. The van der Waals surface area contributed by atoms with Crippen LogP contribution in [0.4, 0.5) is 0 Å². The second-order valence-corrected chi connectivity index (χ2v) is 0.671. The molecule has 0 amide bonds. The topological polar surface area (TPSA) is 120 Å². The molecule has 0 rings (SSSR count). The third kappa shape index (κ3) is 578. The summed E-state index contributed by atoms with van der Waals surface area (Å²) in [6, 6.07) is 0. The van der Waals surface area contributed by atoms with Crippen molar-refractivity contribution in [3.05, 3.63) is 0 Å². The quantitative estimate of drug-likeness (QED) is 0.387. The molecule has 0 aliphatic rings. The standard InChI is InChI=1S/3HO2P.Sb/c3*1-3-2;/h3*(H,1,2);/q;;;+3/p-3. The number of hydrogen-bond donors (Lipinski definition) is 0. The molecule has 0 aliphatic carbocycles. The molecule has 0 saturated carbocycles. The average Bonchev–Trinajstić information content (AvgIpc) is 1.70. The van der Waals surface area contributed by atoms with E-state index in [-0.39, 0.29) is 24.4 Å². The Balaban J connectivity index is -0.0000000257. The summed E-state index contributed by atoms with van der Waals surface area (Å²) in [5, 5.41) is 0. The van der Waals surface area contributed by atoms with Crippen LogP contribution in [0.3, 0.4) is 0 Å². The number of rotatable bonds is 0. The van der Waals surface area contributed by atoms with E-state index < -0.39 is 26.1 Å².